The minimum absolute atomic E-state index is 0.223. The molecule has 3 N–H and O–H groups in total. The molecule has 0 aromatic heterocycles. The summed E-state index contributed by atoms with van der Waals surface area (Å²) >= 11 is 0. The highest BCUT2D eigenvalue weighted by Gasteiger charge is 1.98. The number of nitrogens with one attached hydrogen (secondary N) is 1. The van der Waals surface area contributed by atoms with Crippen LogP contribution in [0.15, 0.2) is 18.2 Å². The fourth-order valence-electron chi connectivity index (χ4n) is 1.48. The van der Waals surface area contributed by atoms with Gasteiger partial charge in [-0.25, -0.2) is 0 Å². The van der Waals surface area contributed by atoms with Crippen LogP contribution in [-0.4, -0.2) is 12.6 Å². The molecule has 0 aliphatic rings. The first-order valence-corrected chi connectivity index (χ1v) is 5.12. The summed E-state index contributed by atoms with van der Waals surface area (Å²) in [5.74, 6) is 0. The van der Waals surface area contributed by atoms with Crippen LogP contribution in [0.3, 0.4) is 0 Å². The van der Waals surface area contributed by atoms with Gasteiger partial charge in [0.15, 0.2) is 0 Å². The molecular weight excluding hydrogens is 172 g/mol. The molecule has 1 aromatic rings. The van der Waals surface area contributed by atoms with E-state index < -0.39 is 0 Å². The van der Waals surface area contributed by atoms with Crippen LogP contribution < -0.4 is 11.1 Å². The molecule has 1 aromatic carbocycles. The van der Waals surface area contributed by atoms with Crippen LogP contribution in [-0.2, 0) is 6.54 Å². The van der Waals surface area contributed by atoms with Gasteiger partial charge in [0.05, 0.1) is 0 Å². The molecule has 0 amide bonds. The average Bonchev–Trinajstić information content (AvgIpc) is 2.08. The van der Waals surface area contributed by atoms with Crippen LogP contribution >= 0.6 is 0 Å². The van der Waals surface area contributed by atoms with Gasteiger partial charge in [-0.05, 0) is 31.9 Å². The van der Waals surface area contributed by atoms with Crippen LogP contribution in [0.2, 0.25) is 0 Å². The van der Waals surface area contributed by atoms with E-state index in [2.05, 4.69) is 37.4 Å². The maximum atomic E-state index is 5.66. The molecule has 0 spiro atoms. The second kappa shape index (κ2) is 5.13. The monoisotopic (exact) mass is 192 g/mol. The van der Waals surface area contributed by atoms with Gasteiger partial charge in [0.2, 0.25) is 0 Å². The number of benzene rings is 1. The third-order valence-electron chi connectivity index (χ3n) is 2.28. The summed E-state index contributed by atoms with van der Waals surface area (Å²) in [6.07, 6.45) is 0. The first-order chi connectivity index (χ1) is 6.59. The van der Waals surface area contributed by atoms with Gasteiger partial charge in [0, 0.05) is 19.1 Å². The zero-order valence-corrected chi connectivity index (χ0v) is 9.30. The Morgan fingerprint density at radius 3 is 2.64 bits per heavy atom. The molecule has 1 unspecified atom stereocenters. The third-order valence-corrected chi connectivity index (χ3v) is 2.28. The molecule has 1 atom stereocenters. The van der Waals surface area contributed by atoms with Crippen molar-refractivity contribution >= 4 is 0 Å². The van der Waals surface area contributed by atoms with Crippen LogP contribution in [0.1, 0.15) is 23.6 Å². The first kappa shape index (κ1) is 11.2. The van der Waals surface area contributed by atoms with Crippen molar-refractivity contribution in [2.75, 3.05) is 6.54 Å². The van der Waals surface area contributed by atoms with E-state index in [1.807, 2.05) is 6.92 Å². The summed E-state index contributed by atoms with van der Waals surface area (Å²) < 4.78 is 0. The Balaban J connectivity index is 2.51. The number of nitrogens with two attached hydrogens (primary N) is 1. The Morgan fingerprint density at radius 1 is 1.36 bits per heavy atom. The highest BCUT2D eigenvalue weighted by molar-refractivity contribution is 5.30. The maximum Gasteiger partial charge on any atom is 0.0208 e. The lowest BCUT2D eigenvalue weighted by Crippen LogP contribution is -2.30. The predicted molar refractivity (Wildman–Crippen MR) is 61.3 cm³/mol. The summed E-state index contributed by atoms with van der Waals surface area (Å²) in [5, 5.41) is 3.34. The predicted octanol–water partition coefficient (Wildman–Crippen LogP) is 1.74. The van der Waals surface area contributed by atoms with E-state index in [1.54, 1.807) is 0 Å². The average molecular weight is 192 g/mol. The number of hydrogen-bond donors (Lipinski definition) is 2. The van der Waals surface area contributed by atoms with E-state index >= 15 is 0 Å². The second-order valence-corrected chi connectivity index (χ2v) is 4.04. The second-order valence-electron chi connectivity index (χ2n) is 4.04. The van der Waals surface area contributed by atoms with Crippen molar-refractivity contribution in [1.29, 1.82) is 0 Å². The Hall–Kier alpha value is -0.860. The topological polar surface area (TPSA) is 38.0 Å². The fourth-order valence-corrected chi connectivity index (χ4v) is 1.48. The highest BCUT2D eigenvalue weighted by Crippen LogP contribution is 2.09. The van der Waals surface area contributed by atoms with Gasteiger partial charge in [-0.2, -0.15) is 0 Å². The van der Waals surface area contributed by atoms with Crippen LogP contribution in [0.25, 0.3) is 0 Å². The SMILES string of the molecule is Cc1ccc(CNCC(C)N)c(C)c1. The van der Waals surface area contributed by atoms with Crippen molar-refractivity contribution in [3.8, 4) is 0 Å². The normalized spacial score (nSPS) is 12.9. The molecule has 78 valence electrons. The van der Waals surface area contributed by atoms with Gasteiger partial charge in [-0.3, -0.25) is 0 Å². The Morgan fingerprint density at radius 2 is 2.07 bits per heavy atom. The fraction of sp³-hybridized carbons (Fsp3) is 0.500. The van der Waals surface area contributed by atoms with Crippen molar-refractivity contribution in [3.63, 3.8) is 0 Å². The van der Waals surface area contributed by atoms with Crippen molar-refractivity contribution in [2.24, 2.45) is 5.73 Å². The number of aryl methyl sites for hydroxylation is 2. The Bertz CT molecular complexity index is 292. The van der Waals surface area contributed by atoms with E-state index in [0.717, 1.165) is 13.1 Å². The molecule has 0 aliphatic heterocycles. The Kier molecular flexibility index (Phi) is 4.11. The van der Waals surface area contributed by atoms with Crippen LogP contribution in [0.4, 0.5) is 0 Å². The molecule has 2 nitrogen and oxygen atoms in total. The molecule has 1 rings (SSSR count). The summed E-state index contributed by atoms with van der Waals surface area (Å²) in [4.78, 5) is 0. The van der Waals surface area contributed by atoms with E-state index in [4.69, 9.17) is 5.73 Å². The molecular formula is C12H20N2. The zero-order chi connectivity index (χ0) is 10.6. The summed E-state index contributed by atoms with van der Waals surface area (Å²) in [7, 11) is 0. The van der Waals surface area contributed by atoms with Crippen molar-refractivity contribution in [3.05, 3.63) is 34.9 Å². The molecule has 0 saturated heterocycles. The largest absolute Gasteiger partial charge is 0.327 e. The standard InChI is InChI=1S/C12H20N2/c1-9-4-5-12(10(2)6-9)8-14-7-11(3)13/h4-6,11,14H,7-8,13H2,1-3H3. The lowest BCUT2D eigenvalue weighted by atomic mass is 10.1. The molecule has 0 radical (unpaired) electrons. The van der Waals surface area contributed by atoms with E-state index in [9.17, 15) is 0 Å². The lowest BCUT2D eigenvalue weighted by molar-refractivity contribution is 0.607. The molecule has 0 heterocycles. The molecule has 0 bridgehead atoms. The zero-order valence-electron chi connectivity index (χ0n) is 9.30. The first-order valence-electron chi connectivity index (χ1n) is 5.12. The van der Waals surface area contributed by atoms with Gasteiger partial charge in [-0.1, -0.05) is 23.8 Å². The van der Waals surface area contributed by atoms with Gasteiger partial charge >= 0.3 is 0 Å². The van der Waals surface area contributed by atoms with Crippen molar-refractivity contribution in [1.82, 2.24) is 5.32 Å². The molecule has 0 saturated carbocycles. The van der Waals surface area contributed by atoms with Gasteiger partial charge < -0.3 is 11.1 Å². The van der Waals surface area contributed by atoms with E-state index in [1.165, 1.54) is 16.7 Å². The summed E-state index contributed by atoms with van der Waals surface area (Å²) in [6.45, 7) is 8.05. The quantitative estimate of drug-likeness (QED) is 0.762. The molecule has 14 heavy (non-hydrogen) atoms. The summed E-state index contributed by atoms with van der Waals surface area (Å²) in [6, 6.07) is 6.76. The van der Waals surface area contributed by atoms with Crippen molar-refractivity contribution in [2.45, 2.75) is 33.4 Å². The minimum Gasteiger partial charge on any atom is -0.327 e. The van der Waals surface area contributed by atoms with Gasteiger partial charge in [0.25, 0.3) is 0 Å². The molecule has 0 fully saturated rings. The minimum atomic E-state index is 0.223. The summed E-state index contributed by atoms with van der Waals surface area (Å²) in [5.41, 5.74) is 9.68. The van der Waals surface area contributed by atoms with Crippen LogP contribution in [0, 0.1) is 13.8 Å². The third kappa shape index (κ3) is 3.48. The van der Waals surface area contributed by atoms with Crippen LogP contribution in [0.5, 0.6) is 0 Å². The number of hydrogen-bond acceptors (Lipinski definition) is 2. The van der Waals surface area contributed by atoms with Crippen molar-refractivity contribution < 1.29 is 0 Å². The van der Waals surface area contributed by atoms with Gasteiger partial charge in [0.1, 0.15) is 0 Å². The van der Waals surface area contributed by atoms with Gasteiger partial charge in [-0.15, -0.1) is 0 Å². The highest BCUT2D eigenvalue weighted by atomic mass is 14.9. The Labute approximate surface area is 86.5 Å². The van der Waals surface area contributed by atoms with E-state index in [0.29, 0.717) is 0 Å². The molecule has 2 heteroatoms. The van der Waals surface area contributed by atoms with E-state index in [-0.39, 0.29) is 6.04 Å². The number of rotatable bonds is 4. The smallest absolute Gasteiger partial charge is 0.0208 e. The maximum absolute atomic E-state index is 5.66. The lowest BCUT2D eigenvalue weighted by Gasteiger charge is -2.10. The molecule has 0 aliphatic carbocycles.